The van der Waals surface area contributed by atoms with Crippen LogP contribution in [0.15, 0.2) is 23.1 Å². The van der Waals surface area contributed by atoms with Gasteiger partial charge in [0.1, 0.15) is 11.6 Å². The van der Waals surface area contributed by atoms with E-state index in [4.69, 9.17) is 0 Å². The quantitative estimate of drug-likeness (QED) is 0.871. The third kappa shape index (κ3) is 3.95. The first-order chi connectivity index (χ1) is 9.41. The van der Waals surface area contributed by atoms with Crippen molar-refractivity contribution in [1.82, 2.24) is 5.32 Å². The van der Waals surface area contributed by atoms with Crippen LogP contribution in [0.4, 0.5) is 8.78 Å². The predicted octanol–water partition coefficient (Wildman–Crippen LogP) is 4.61. The normalized spacial score (nSPS) is 25.6. The van der Waals surface area contributed by atoms with Crippen molar-refractivity contribution in [2.45, 2.75) is 56.2 Å². The van der Waals surface area contributed by atoms with Crippen molar-refractivity contribution < 1.29 is 8.78 Å². The highest BCUT2D eigenvalue weighted by Gasteiger charge is 2.35. The Bertz CT molecular complexity index is 462. The molecule has 1 nitrogen and oxygen atoms in total. The van der Waals surface area contributed by atoms with E-state index in [1.54, 1.807) is 0 Å². The van der Waals surface area contributed by atoms with Crippen LogP contribution in [0, 0.1) is 17.0 Å². The Labute approximate surface area is 124 Å². The molecule has 1 fully saturated rings. The minimum Gasteiger partial charge on any atom is -0.313 e. The molecular formula is C16H23F2NS. The first-order valence-corrected chi connectivity index (χ1v) is 8.14. The van der Waals surface area contributed by atoms with Gasteiger partial charge in [-0.2, -0.15) is 0 Å². The van der Waals surface area contributed by atoms with Crippen molar-refractivity contribution in [3.8, 4) is 0 Å². The molecule has 0 bridgehead atoms. The molecule has 1 saturated carbocycles. The van der Waals surface area contributed by atoms with E-state index < -0.39 is 0 Å². The van der Waals surface area contributed by atoms with E-state index in [0.717, 1.165) is 19.4 Å². The number of hydrogen-bond acceptors (Lipinski definition) is 2. The van der Waals surface area contributed by atoms with Gasteiger partial charge < -0.3 is 5.32 Å². The van der Waals surface area contributed by atoms with Crippen molar-refractivity contribution in [3.63, 3.8) is 0 Å². The maximum Gasteiger partial charge on any atom is 0.136 e. The molecule has 0 spiro atoms. The molecule has 2 rings (SSSR count). The highest BCUT2D eigenvalue weighted by atomic mass is 32.2. The molecule has 112 valence electrons. The maximum absolute atomic E-state index is 13.8. The first kappa shape index (κ1) is 15.8. The number of halogens is 2. The summed E-state index contributed by atoms with van der Waals surface area (Å²) in [6.45, 7) is 7.51. The standard InChI is InChI=1S/C16H23F2NS/c1-4-19-13-7-8-16(2,3)10-15(13)20-14-9-11(17)5-6-12(14)18/h5-6,9,13,15,19H,4,7-8,10H2,1-3H3. The van der Waals surface area contributed by atoms with Crippen LogP contribution in [0.3, 0.4) is 0 Å². The molecule has 0 aliphatic heterocycles. The lowest BCUT2D eigenvalue weighted by molar-refractivity contribution is 0.215. The van der Waals surface area contributed by atoms with Gasteiger partial charge in [0.25, 0.3) is 0 Å². The zero-order chi connectivity index (χ0) is 14.8. The minimum atomic E-state index is -0.371. The van der Waals surface area contributed by atoms with Crippen LogP contribution in [0.25, 0.3) is 0 Å². The molecule has 0 amide bonds. The molecule has 0 aromatic heterocycles. The fourth-order valence-electron chi connectivity index (χ4n) is 2.87. The van der Waals surface area contributed by atoms with E-state index in [0.29, 0.717) is 10.9 Å². The fraction of sp³-hybridized carbons (Fsp3) is 0.625. The molecule has 0 heterocycles. The van der Waals surface area contributed by atoms with E-state index in [2.05, 4.69) is 26.1 Å². The number of benzene rings is 1. The fourth-order valence-corrected chi connectivity index (χ4v) is 4.49. The van der Waals surface area contributed by atoms with Crippen LogP contribution in [0.1, 0.15) is 40.0 Å². The van der Waals surface area contributed by atoms with Gasteiger partial charge in [-0.25, -0.2) is 8.78 Å². The predicted molar refractivity (Wildman–Crippen MR) is 81.1 cm³/mol. The number of rotatable bonds is 4. The Morgan fingerprint density at radius 1 is 1.35 bits per heavy atom. The number of thioether (sulfide) groups is 1. The molecule has 2 atom stereocenters. The van der Waals surface area contributed by atoms with Crippen LogP contribution < -0.4 is 5.32 Å². The van der Waals surface area contributed by atoms with Gasteiger partial charge in [0.05, 0.1) is 0 Å². The molecule has 1 aromatic carbocycles. The molecular weight excluding hydrogens is 276 g/mol. The highest BCUT2D eigenvalue weighted by molar-refractivity contribution is 8.00. The molecule has 4 heteroatoms. The van der Waals surface area contributed by atoms with Gasteiger partial charge in [-0.3, -0.25) is 0 Å². The molecule has 2 unspecified atom stereocenters. The van der Waals surface area contributed by atoms with Gasteiger partial charge in [0.2, 0.25) is 0 Å². The molecule has 20 heavy (non-hydrogen) atoms. The van der Waals surface area contributed by atoms with Crippen molar-refractivity contribution >= 4 is 11.8 Å². The topological polar surface area (TPSA) is 12.0 Å². The van der Waals surface area contributed by atoms with Crippen LogP contribution in [0.5, 0.6) is 0 Å². The van der Waals surface area contributed by atoms with E-state index in [9.17, 15) is 8.78 Å². The summed E-state index contributed by atoms with van der Waals surface area (Å²) in [7, 11) is 0. The molecule has 1 aliphatic rings. The summed E-state index contributed by atoms with van der Waals surface area (Å²) in [4.78, 5) is 0.426. The van der Waals surface area contributed by atoms with E-state index in [-0.39, 0.29) is 22.3 Å². The van der Waals surface area contributed by atoms with Gasteiger partial charge in [-0.15, -0.1) is 11.8 Å². The second kappa shape index (κ2) is 6.44. The Kier molecular flexibility index (Phi) is 5.08. The Morgan fingerprint density at radius 2 is 2.10 bits per heavy atom. The van der Waals surface area contributed by atoms with Crippen LogP contribution in [-0.2, 0) is 0 Å². The molecule has 1 aliphatic carbocycles. The maximum atomic E-state index is 13.8. The summed E-state index contributed by atoms with van der Waals surface area (Å²) in [6, 6.07) is 4.07. The third-order valence-electron chi connectivity index (χ3n) is 3.97. The summed E-state index contributed by atoms with van der Waals surface area (Å²) in [6.07, 6.45) is 3.29. The highest BCUT2D eigenvalue weighted by Crippen LogP contribution is 2.43. The Morgan fingerprint density at radius 3 is 2.80 bits per heavy atom. The van der Waals surface area contributed by atoms with Crippen molar-refractivity contribution in [3.05, 3.63) is 29.8 Å². The average Bonchev–Trinajstić information content (AvgIpc) is 2.37. The van der Waals surface area contributed by atoms with Gasteiger partial charge in [-0.05, 0) is 49.4 Å². The number of nitrogens with one attached hydrogen (secondary N) is 1. The lowest BCUT2D eigenvalue weighted by Crippen LogP contribution is -2.44. The minimum absolute atomic E-state index is 0.271. The van der Waals surface area contributed by atoms with Crippen LogP contribution >= 0.6 is 11.8 Å². The summed E-state index contributed by atoms with van der Waals surface area (Å²) in [5.41, 5.74) is 0.271. The van der Waals surface area contributed by atoms with Crippen molar-refractivity contribution in [1.29, 1.82) is 0 Å². The second-order valence-electron chi connectivity index (χ2n) is 6.30. The molecule has 1 N–H and O–H groups in total. The largest absolute Gasteiger partial charge is 0.313 e. The number of hydrogen-bond donors (Lipinski definition) is 1. The molecule has 1 aromatic rings. The summed E-state index contributed by atoms with van der Waals surface area (Å²) in [5, 5.41) is 3.78. The second-order valence-corrected chi connectivity index (χ2v) is 7.58. The SMILES string of the molecule is CCNC1CCC(C)(C)CC1Sc1cc(F)ccc1F. The van der Waals surface area contributed by atoms with E-state index in [1.807, 2.05) is 0 Å². The summed E-state index contributed by atoms with van der Waals surface area (Å²) >= 11 is 1.48. The molecule has 0 saturated heterocycles. The van der Waals surface area contributed by atoms with Crippen molar-refractivity contribution in [2.24, 2.45) is 5.41 Å². The Balaban J connectivity index is 2.16. The van der Waals surface area contributed by atoms with E-state index >= 15 is 0 Å². The lowest BCUT2D eigenvalue weighted by Gasteiger charge is -2.40. The monoisotopic (exact) mass is 299 g/mol. The van der Waals surface area contributed by atoms with E-state index in [1.165, 1.54) is 36.4 Å². The smallest absolute Gasteiger partial charge is 0.136 e. The summed E-state index contributed by atoms with van der Waals surface area (Å²) in [5.74, 6) is -0.695. The third-order valence-corrected chi connectivity index (χ3v) is 5.34. The molecule has 0 radical (unpaired) electrons. The summed E-state index contributed by atoms with van der Waals surface area (Å²) < 4.78 is 27.1. The lowest BCUT2D eigenvalue weighted by atomic mass is 9.75. The van der Waals surface area contributed by atoms with Gasteiger partial charge in [0.15, 0.2) is 0 Å². The van der Waals surface area contributed by atoms with Gasteiger partial charge in [-0.1, -0.05) is 20.8 Å². The van der Waals surface area contributed by atoms with Crippen LogP contribution in [-0.4, -0.2) is 17.8 Å². The average molecular weight is 299 g/mol. The van der Waals surface area contributed by atoms with Gasteiger partial charge >= 0.3 is 0 Å². The zero-order valence-electron chi connectivity index (χ0n) is 12.4. The van der Waals surface area contributed by atoms with Gasteiger partial charge in [0, 0.05) is 16.2 Å². The Hall–Kier alpha value is -0.610. The zero-order valence-corrected chi connectivity index (χ0v) is 13.2. The van der Waals surface area contributed by atoms with Crippen LogP contribution in [0.2, 0.25) is 0 Å². The van der Waals surface area contributed by atoms with Crippen molar-refractivity contribution in [2.75, 3.05) is 6.54 Å². The first-order valence-electron chi connectivity index (χ1n) is 7.26.